The van der Waals surface area contributed by atoms with E-state index in [1.54, 1.807) is 13.8 Å². The van der Waals surface area contributed by atoms with Crippen molar-refractivity contribution in [2.75, 3.05) is 13.2 Å². The number of hydrogen-bond donors (Lipinski definition) is 0. The van der Waals surface area contributed by atoms with Crippen molar-refractivity contribution < 1.29 is 19.1 Å². The van der Waals surface area contributed by atoms with E-state index in [0.29, 0.717) is 12.8 Å². The second kappa shape index (κ2) is 20.6. The Morgan fingerprint density at radius 1 is 0.613 bits per heavy atom. The van der Waals surface area contributed by atoms with Crippen molar-refractivity contribution in [1.82, 2.24) is 0 Å². The number of hydrogen-bond acceptors (Lipinski definition) is 4. The summed E-state index contributed by atoms with van der Waals surface area (Å²) in [5, 5.41) is 0. The van der Waals surface area contributed by atoms with E-state index in [-0.39, 0.29) is 13.2 Å². The second-order valence-corrected chi connectivity index (χ2v) is 8.56. The quantitative estimate of drug-likeness (QED) is 0.0790. The average Bonchev–Trinajstić information content (AvgIpc) is 2.76. The first kappa shape index (κ1) is 29.7. The van der Waals surface area contributed by atoms with Gasteiger partial charge in [-0.25, -0.2) is 0 Å². The van der Waals surface area contributed by atoms with E-state index in [1.165, 1.54) is 70.6 Å². The summed E-state index contributed by atoms with van der Waals surface area (Å²) in [6.45, 7) is 8.24. The van der Waals surface area contributed by atoms with Gasteiger partial charge in [0.25, 0.3) is 0 Å². The Kier molecular flexibility index (Phi) is 19.7. The number of carbonyl (C=O) groups excluding carboxylic acids is 2. The van der Waals surface area contributed by atoms with Crippen molar-refractivity contribution in [3.8, 4) is 0 Å². The molecule has 0 fully saturated rings. The van der Waals surface area contributed by atoms with Crippen molar-refractivity contribution in [3.63, 3.8) is 0 Å². The average molecular weight is 439 g/mol. The predicted octanol–water partition coefficient (Wildman–Crippen LogP) is 7.94. The molecule has 0 saturated carbocycles. The lowest BCUT2D eigenvalue weighted by molar-refractivity contribution is -0.173. The number of unbranched alkanes of at least 4 members (excludes halogenated alkanes) is 12. The van der Waals surface area contributed by atoms with Crippen molar-refractivity contribution in [1.29, 1.82) is 0 Å². The fraction of sp³-hybridized carbons (Fsp3) is 0.852. The first-order valence-electron chi connectivity index (χ1n) is 13.1. The van der Waals surface area contributed by atoms with E-state index in [9.17, 15) is 9.59 Å². The van der Waals surface area contributed by atoms with Crippen LogP contribution in [0.1, 0.15) is 130 Å². The lowest BCUT2D eigenvalue weighted by atomic mass is 9.80. The molecule has 4 nitrogen and oxygen atoms in total. The Morgan fingerprint density at radius 3 is 1.45 bits per heavy atom. The first-order valence-corrected chi connectivity index (χ1v) is 13.1. The molecule has 0 bridgehead atoms. The molecule has 31 heavy (non-hydrogen) atoms. The minimum Gasteiger partial charge on any atom is -0.465 e. The van der Waals surface area contributed by atoms with E-state index >= 15 is 0 Å². The highest BCUT2D eigenvalue weighted by Crippen LogP contribution is 2.33. The highest BCUT2D eigenvalue weighted by molar-refractivity contribution is 6.00. The third kappa shape index (κ3) is 13.6. The standard InChI is InChI=1S/C27H50O4/c1-5-9-10-11-12-13-14-15-16-17-18-19-20-21-22-23-24-27(6-2,25(28)30-7-3)26(29)31-8-4/h15-16H,5-14,17-24H2,1-4H3/b16-15+. The van der Waals surface area contributed by atoms with Gasteiger partial charge >= 0.3 is 11.9 Å². The Labute approximate surface area is 192 Å². The van der Waals surface area contributed by atoms with Gasteiger partial charge in [-0.3, -0.25) is 9.59 Å². The molecule has 0 aromatic rings. The molecule has 0 N–H and O–H groups in total. The van der Waals surface area contributed by atoms with Gasteiger partial charge in [0.2, 0.25) is 0 Å². The van der Waals surface area contributed by atoms with E-state index in [4.69, 9.17) is 9.47 Å². The molecule has 0 amide bonds. The van der Waals surface area contributed by atoms with Crippen molar-refractivity contribution in [3.05, 3.63) is 12.2 Å². The zero-order valence-electron chi connectivity index (χ0n) is 21.0. The predicted molar refractivity (Wildman–Crippen MR) is 130 cm³/mol. The maximum absolute atomic E-state index is 12.5. The van der Waals surface area contributed by atoms with E-state index in [0.717, 1.165) is 19.3 Å². The maximum Gasteiger partial charge on any atom is 0.323 e. The largest absolute Gasteiger partial charge is 0.465 e. The molecule has 0 saturated heterocycles. The summed E-state index contributed by atoms with van der Waals surface area (Å²) in [6.07, 6.45) is 23.0. The summed E-state index contributed by atoms with van der Waals surface area (Å²) < 4.78 is 10.4. The summed E-state index contributed by atoms with van der Waals surface area (Å²) in [7, 11) is 0. The third-order valence-corrected chi connectivity index (χ3v) is 6.05. The number of ether oxygens (including phenoxy) is 2. The summed E-state index contributed by atoms with van der Waals surface area (Å²) in [6, 6.07) is 0. The number of carbonyl (C=O) groups is 2. The first-order chi connectivity index (χ1) is 15.1. The van der Waals surface area contributed by atoms with Gasteiger partial charge in [0.05, 0.1) is 13.2 Å². The molecule has 0 rings (SSSR count). The highest BCUT2D eigenvalue weighted by Gasteiger charge is 2.46. The molecular formula is C27H50O4. The fourth-order valence-corrected chi connectivity index (χ4v) is 3.97. The number of allylic oxidation sites excluding steroid dienone is 2. The molecule has 0 aromatic carbocycles. The van der Waals surface area contributed by atoms with Crippen LogP contribution in [0.15, 0.2) is 12.2 Å². The van der Waals surface area contributed by atoms with Crippen LogP contribution in [0.3, 0.4) is 0 Å². The zero-order valence-corrected chi connectivity index (χ0v) is 21.0. The molecule has 0 spiro atoms. The lowest BCUT2D eigenvalue weighted by Crippen LogP contribution is -2.41. The van der Waals surface area contributed by atoms with E-state index in [2.05, 4.69) is 19.1 Å². The van der Waals surface area contributed by atoms with Gasteiger partial charge in [0, 0.05) is 0 Å². The Hall–Kier alpha value is -1.32. The summed E-state index contributed by atoms with van der Waals surface area (Å²) in [5.41, 5.74) is -1.13. The highest BCUT2D eigenvalue weighted by atomic mass is 16.6. The van der Waals surface area contributed by atoms with Crippen LogP contribution in [0.5, 0.6) is 0 Å². The molecule has 4 heteroatoms. The number of rotatable bonds is 21. The molecule has 0 heterocycles. The van der Waals surface area contributed by atoms with Crippen molar-refractivity contribution in [2.24, 2.45) is 5.41 Å². The lowest BCUT2D eigenvalue weighted by Gasteiger charge is -2.27. The topological polar surface area (TPSA) is 52.6 Å². The normalized spacial score (nSPS) is 11.7. The molecule has 0 aliphatic rings. The van der Waals surface area contributed by atoms with Crippen LogP contribution in [0, 0.1) is 5.41 Å². The van der Waals surface area contributed by atoms with Crippen LogP contribution in [0.2, 0.25) is 0 Å². The minimum absolute atomic E-state index is 0.285. The Morgan fingerprint density at radius 2 is 1.03 bits per heavy atom. The van der Waals surface area contributed by atoms with E-state index < -0.39 is 17.4 Å². The number of esters is 2. The zero-order chi connectivity index (χ0) is 23.2. The maximum atomic E-state index is 12.5. The summed E-state index contributed by atoms with van der Waals surface area (Å²) in [5.74, 6) is -0.854. The van der Waals surface area contributed by atoms with Crippen LogP contribution in [0.25, 0.3) is 0 Å². The van der Waals surface area contributed by atoms with Crippen LogP contribution in [-0.2, 0) is 19.1 Å². The summed E-state index contributed by atoms with van der Waals surface area (Å²) >= 11 is 0. The Bertz CT molecular complexity index is 452. The van der Waals surface area contributed by atoms with Crippen LogP contribution in [0.4, 0.5) is 0 Å². The Balaban J connectivity index is 3.91. The second-order valence-electron chi connectivity index (χ2n) is 8.56. The van der Waals surface area contributed by atoms with Crippen molar-refractivity contribution >= 4 is 11.9 Å². The molecule has 0 unspecified atom stereocenters. The van der Waals surface area contributed by atoms with Crippen molar-refractivity contribution in [2.45, 2.75) is 130 Å². The van der Waals surface area contributed by atoms with Gasteiger partial charge in [-0.2, -0.15) is 0 Å². The van der Waals surface area contributed by atoms with Crippen LogP contribution >= 0.6 is 0 Å². The molecule has 0 aliphatic carbocycles. The molecule has 0 aromatic heterocycles. The van der Waals surface area contributed by atoms with Crippen LogP contribution < -0.4 is 0 Å². The third-order valence-electron chi connectivity index (χ3n) is 6.05. The van der Waals surface area contributed by atoms with Gasteiger partial charge in [-0.1, -0.05) is 90.2 Å². The van der Waals surface area contributed by atoms with Gasteiger partial charge in [-0.05, 0) is 52.4 Å². The van der Waals surface area contributed by atoms with E-state index in [1.807, 2.05) is 6.92 Å². The van der Waals surface area contributed by atoms with Gasteiger partial charge in [-0.15, -0.1) is 0 Å². The summed E-state index contributed by atoms with van der Waals surface area (Å²) in [4.78, 5) is 24.9. The fourth-order valence-electron chi connectivity index (χ4n) is 3.97. The SMILES string of the molecule is CCCCCCCC/C=C/CCCCCCCCC(CC)(C(=O)OCC)C(=O)OCC. The molecular weight excluding hydrogens is 388 g/mol. The molecule has 0 radical (unpaired) electrons. The molecule has 0 atom stereocenters. The van der Waals surface area contributed by atoms with Gasteiger partial charge < -0.3 is 9.47 Å². The molecule has 182 valence electrons. The minimum atomic E-state index is -1.13. The molecule has 0 aliphatic heterocycles. The smallest absolute Gasteiger partial charge is 0.323 e. The monoisotopic (exact) mass is 438 g/mol. The van der Waals surface area contributed by atoms with Crippen LogP contribution in [-0.4, -0.2) is 25.2 Å². The van der Waals surface area contributed by atoms with Gasteiger partial charge in [0.15, 0.2) is 5.41 Å². The van der Waals surface area contributed by atoms with Gasteiger partial charge in [0.1, 0.15) is 0 Å².